The van der Waals surface area contributed by atoms with Gasteiger partial charge < -0.3 is 19.2 Å². The van der Waals surface area contributed by atoms with E-state index >= 15 is 0 Å². The SMILES string of the molecule is [2H][C@H](B1O[C@@H]2CC3CC(C3(C)C)[C@]2(C)O1)[C@H](CO)OCc1ccccc1. The second kappa shape index (κ2) is 6.38. The fraction of sp³-hybridized carbons (Fsp3) is 0.700. The molecule has 0 aromatic heterocycles. The predicted octanol–water partition coefficient (Wildman–Crippen LogP) is 3.29. The Hall–Kier alpha value is -0.875. The fourth-order valence-corrected chi connectivity index (χ4v) is 5.10. The highest BCUT2D eigenvalue weighted by Gasteiger charge is 2.67. The third kappa shape index (κ3) is 2.95. The van der Waals surface area contributed by atoms with Crippen molar-refractivity contribution in [3.63, 3.8) is 0 Å². The molecule has 1 aromatic rings. The lowest BCUT2D eigenvalue weighted by atomic mass is 9.43. The molecule has 5 rings (SSSR count). The van der Waals surface area contributed by atoms with Gasteiger partial charge in [0.25, 0.3) is 0 Å². The molecule has 136 valence electrons. The largest absolute Gasteiger partial charge is 0.460 e. The number of ether oxygens (including phenoxy) is 1. The highest BCUT2D eigenvalue weighted by atomic mass is 16.7. The monoisotopic (exact) mass is 345 g/mol. The summed E-state index contributed by atoms with van der Waals surface area (Å²) in [6.07, 6.45) is 0.828. The first-order valence-electron chi connectivity index (χ1n) is 9.96. The lowest BCUT2D eigenvalue weighted by molar-refractivity contribution is -0.199. The Morgan fingerprint density at radius 3 is 2.76 bits per heavy atom. The van der Waals surface area contributed by atoms with Crippen LogP contribution in [-0.2, 0) is 20.7 Å². The summed E-state index contributed by atoms with van der Waals surface area (Å²) in [5, 5.41) is 9.74. The van der Waals surface area contributed by atoms with Crippen LogP contribution in [0.25, 0.3) is 0 Å². The van der Waals surface area contributed by atoms with E-state index in [1.807, 2.05) is 30.3 Å². The molecule has 3 aliphatic carbocycles. The van der Waals surface area contributed by atoms with Crippen LogP contribution in [-0.4, -0.2) is 36.6 Å². The zero-order chi connectivity index (χ0) is 18.5. The molecular formula is C20H29BO4. The molecule has 4 fully saturated rings. The summed E-state index contributed by atoms with van der Waals surface area (Å²) in [5.41, 5.74) is 0.970. The molecule has 0 amide bonds. The van der Waals surface area contributed by atoms with Crippen LogP contribution < -0.4 is 0 Å². The molecule has 0 radical (unpaired) electrons. The van der Waals surface area contributed by atoms with Crippen molar-refractivity contribution < 1.29 is 20.5 Å². The summed E-state index contributed by atoms with van der Waals surface area (Å²) in [5.74, 6) is 1.15. The van der Waals surface area contributed by atoms with E-state index in [0.717, 1.165) is 12.0 Å². The van der Waals surface area contributed by atoms with Crippen LogP contribution in [0.1, 0.15) is 40.5 Å². The Morgan fingerprint density at radius 2 is 2.08 bits per heavy atom. The number of hydrogen-bond acceptors (Lipinski definition) is 4. The molecule has 1 heterocycles. The third-order valence-electron chi connectivity index (χ3n) is 6.83. The lowest BCUT2D eigenvalue weighted by Crippen LogP contribution is -2.65. The molecule has 4 nitrogen and oxygen atoms in total. The molecule has 0 spiro atoms. The molecule has 4 aliphatic rings. The zero-order valence-electron chi connectivity index (χ0n) is 16.4. The summed E-state index contributed by atoms with van der Waals surface area (Å²) < 4.78 is 26.9. The molecule has 6 atom stereocenters. The van der Waals surface area contributed by atoms with Gasteiger partial charge in [-0.3, -0.25) is 0 Å². The summed E-state index contributed by atoms with van der Waals surface area (Å²) in [4.78, 5) is 0. The van der Waals surface area contributed by atoms with Gasteiger partial charge in [0.2, 0.25) is 0 Å². The second-order valence-corrected chi connectivity index (χ2v) is 8.55. The molecule has 1 saturated heterocycles. The van der Waals surface area contributed by atoms with E-state index in [1.165, 1.54) is 6.42 Å². The summed E-state index contributed by atoms with van der Waals surface area (Å²) in [7, 11) is -0.645. The number of benzene rings is 1. The molecule has 5 heteroatoms. The van der Waals surface area contributed by atoms with Gasteiger partial charge in [0, 0.05) is 7.67 Å². The van der Waals surface area contributed by atoms with Crippen LogP contribution >= 0.6 is 0 Å². The van der Waals surface area contributed by atoms with Crippen LogP contribution in [0.4, 0.5) is 0 Å². The van der Waals surface area contributed by atoms with Crippen LogP contribution in [0.3, 0.4) is 0 Å². The molecule has 1 aromatic carbocycles. The Morgan fingerprint density at radius 1 is 1.32 bits per heavy atom. The first kappa shape index (κ1) is 16.3. The normalized spacial score (nSPS) is 38.5. The Labute approximate surface area is 152 Å². The van der Waals surface area contributed by atoms with Crippen molar-refractivity contribution in [2.24, 2.45) is 17.3 Å². The quantitative estimate of drug-likeness (QED) is 0.804. The van der Waals surface area contributed by atoms with Crippen molar-refractivity contribution in [2.45, 2.75) is 64.3 Å². The number of aliphatic hydroxyl groups is 1. The van der Waals surface area contributed by atoms with Gasteiger partial charge in [-0.15, -0.1) is 0 Å². The Bertz CT molecular complexity index is 642. The minimum Gasteiger partial charge on any atom is -0.405 e. The van der Waals surface area contributed by atoms with Gasteiger partial charge in [0.1, 0.15) is 0 Å². The highest BCUT2D eigenvalue weighted by Crippen LogP contribution is 2.65. The molecular weight excluding hydrogens is 315 g/mol. The Balaban J connectivity index is 1.41. The van der Waals surface area contributed by atoms with Crippen LogP contribution in [0, 0.1) is 17.3 Å². The molecule has 2 bridgehead atoms. The van der Waals surface area contributed by atoms with Crippen molar-refractivity contribution in [3.8, 4) is 0 Å². The lowest BCUT2D eigenvalue weighted by Gasteiger charge is -2.64. The van der Waals surface area contributed by atoms with Gasteiger partial charge >= 0.3 is 7.12 Å². The average Bonchev–Trinajstić information content (AvgIpc) is 2.99. The van der Waals surface area contributed by atoms with Gasteiger partial charge in [-0.25, -0.2) is 0 Å². The van der Waals surface area contributed by atoms with Crippen molar-refractivity contribution in [1.29, 1.82) is 0 Å². The van der Waals surface area contributed by atoms with Gasteiger partial charge in [-0.1, -0.05) is 44.2 Å². The zero-order valence-corrected chi connectivity index (χ0v) is 15.4. The van der Waals surface area contributed by atoms with Gasteiger partial charge in [-0.05, 0) is 42.6 Å². The van der Waals surface area contributed by atoms with Crippen molar-refractivity contribution in [1.82, 2.24) is 0 Å². The number of hydrogen-bond donors (Lipinski definition) is 1. The topological polar surface area (TPSA) is 47.9 Å². The van der Waals surface area contributed by atoms with E-state index in [2.05, 4.69) is 20.8 Å². The molecule has 1 N–H and O–H groups in total. The minimum absolute atomic E-state index is 0.0468. The molecule has 2 unspecified atom stereocenters. The van der Waals surface area contributed by atoms with E-state index in [4.69, 9.17) is 15.4 Å². The van der Waals surface area contributed by atoms with Gasteiger partial charge in [-0.2, -0.15) is 0 Å². The number of aliphatic hydroxyl groups excluding tert-OH is 1. The van der Waals surface area contributed by atoms with E-state index in [0.29, 0.717) is 18.4 Å². The summed E-state index contributed by atoms with van der Waals surface area (Å²) in [6, 6.07) is 9.80. The van der Waals surface area contributed by atoms with E-state index in [9.17, 15) is 5.11 Å². The molecule has 3 saturated carbocycles. The van der Waals surface area contributed by atoms with Crippen molar-refractivity contribution in [2.75, 3.05) is 6.61 Å². The standard InChI is InChI=1S/C20H29BO4/c1-19(2)15-9-17(19)20(3)18(10-15)24-21(25-20)11-16(12-22)23-13-14-7-5-4-6-8-14/h4-8,15-18,22H,9-13H2,1-3H3/t15?,16-,17?,18-,20+/m1/s1/i11D/t11-,15?,16+,17?,18+,20-/m0. The highest BCUT2D eigenvalue weighted by molar-refractivity contribution is 6.45. The summed E-state index contributed by atoms with van der Waals surface area (Å²) in [6.45, 7) is 6.93. The maximum Gasteiger partial charge on any atom is 0.460 e. The van der Waals surface area contributed by atoms with Crippen molar-refractivity contribution in [3.05, 3.63) is 35.9 Å². The summed E-state index contributed by atoms with van der Waals surface area (Å²) >= 11 is 0. The van der Waals surface area contributed by atoms with Crippen LogP contribution in [0.2, 0.25) is 6.30 Å². The smallest absolute Gasteiger partial charge is 0.405 e. The van der Waals surface area contributed by atoms with Crippen LogP contribution in [0.15, 0.2) is 30.3 Å². The Kier molecular flexibility index (Phi) is 4.16. The fourth-order valence-electron chi connectivity index (χ4n) is 5.10. The molecule has 25 heavy (non-hydrogen) atoms. The maximum absolute atomic E-state index is 9.74. The predicted molar refractivity (Wildman–Crippen MR) is 97.0 cm³/mol. The van der Waals surface area contributed by atoms with E-state index in [1.54, 1.807) is 0 Å². The van der Waals surface area contributed by atoms with E-state index < -0.39 is 19.5 Å². The maximum atomic E-state index is 9.74. The van der Waals surface area contributed by atoms with Gasteiger partial charge in [0.05, 0.1) is 31.0 Å². The molecule has 1 aliphatic heterocycles. The minimum atomic E-state index is -0.772. The number of rotatable bonds is 6. The first-order chi connectivity index (χ1) is 12.4. The van der Waals surface area contributed by atoms with Crippen molar-refractivity contribution >= 4 is 7.12 Å². The van der Waals surface area contributed by atoms with Crippen LogP contribution in [0.5, 0.6) is 0 Å². The van der Waals surface area contributed by atoms with Gasteiger partial charge in [0.15, 0.2) is 0 Å². The second-order valence-electron chi connectivity index (χ2n) is 8.55. The third-order valence-corrected chi connectivity index (χ3v) is 6.83. The van der Waals surface area contributed by atoms with E-state index in [-0.39, 0.29) is 23.7 Å². The average molecular weight is 345 g/mol. The first-order valence-corrected chi connectivity index (χ1v) is 9.38.